The van der Waals surface area contributed by atoms with Crippen LogP contribution in [-0.2, 0) is 11.3 Å². The van der Waals surface area contributed by atoms with Gasteiger partial charge in [0.15, 0.2) is 0 Å². The standard InChI is InChI=1S/C18H24N4O/c1-3-4-13-22(14-16-9-5-7-11-19-16)15(2)18(23)21-17-10-6-8-12-20-17/h5-12,15H,3-4,13-14H2,1-2H3,(H,20,21,23). The van der Waals surface area contributed by atoms with Crippen molar-refractivity contribution in [3.05, 3.63) is 54.5 Å². The van der Waals surface area contributed by atoms with E-state index in [4.69, 9.17) is 0 Å². The topological polar surface area (TPSA) is 58.1 Å². The summed E-state index contributed by atoms with van der Waals surface area (Å²) < 4.78 is 0. The second-order valence-corrected chi connectivity index (χ2v) is 5.53. The molecule has 1 atom stereocenters. The molecule has 0 saturated carbocycles. The molecule has 5 heteroatoms. The minimum absolute atomic E-state index is 0.0456. The van der Waals surface area contributed by atoms with E-state index in [2.05, 4.69) is 27.1 Å². The number of nitrogens with zero attached hydrogens (tertiary/aromatic N) is 3. The van der Waals surface area contributed by atoms with Crippen LogP contribution >= 0.6 is 0 Å². The van der Waals surface area contributed by atoms with Gasteiger partial charge in [-0.3, -0.25) is 14.7 Å². The van der Waals surface area contributed by atoms with Gasteiger partial charge < -0.3 is 5.32 Å². The molecule has 0 bridgehead atoms. The zero-order chi connectivity index (χ0) is 16.5. The van der Waals surface area contributed by atoms with Crippen LogP contribution in [0.4, 0.5) is 5.82 Å². The van der Waals surface area contributed by atoms with E-state index in [0.29, 0.717) is 12.4 Å². The number of carbonyl (C=O) groups is 1. The summed E-state index contributed by atoms with van der Waals surface area (Å²) in [5, 5.41) is 2.87. The Labute approximate surface area is 137 Å². The third-order valence-corrected chi connectivity index (χ3v) is 3.73. The van der Waals surface area contributed by atoms with Crippen LogP contribution in [0.1, 0.15) is 32.4 Å². The summed E-state index contributed by atoms with van der Waals surface area (Å²) in [4.78, 5) is 23.2. The number of carbonyl (C=O) groups excluding carboxylic acids is 1. The lowest BCUT2D eigenvalue weighted by Gasteiger charge is -2.27. The van der Waals surface area contributed by atoms with E-state index >= 15 is 0 Å². The summed E-state index contributed by atoms with van der Waals surface area (Å²) >= 11 is 0. The highest BCUT2D eigenvalue weighted by Crippen LogP contribution is 2.10. The number of unbranched alkanes of at least 4 members (excludes halogenated alkanes) is 1. The number of hydrogen-bond donors (Lipinski definition) is 1. The maximum atomic E-state index is 12.5. The Morgan fingerprint density at radius 2 is 1.91 bits per heavy atom. The molecule has 0 aliphatic rings. The Balaban J connectivity index is 2.03. The summed E-state index contributed by atoms with van der Waals surface area (Å²) in [5.74, 6) is 0.536. The van der Waals surface area contributed by atoms with Crippen LogP contribution < -0.4 is 5.32 Å². The number of hydrogen-bond acceptors (Lipinski definition) is 4. The molecule has 23 heavy (non-hydrogen) atoms. The number of aromatic nitrogens is 2. The fourth-order valence-electron chi connectivity index (χ4n) is 2.30. The Hall–Kier alpha value is -2.27. The van der Waals surface area contributed by atoms with Crippen LogP contribution in [0.2, 0.25) is 0 Å². The molecule has 2 aromatic rings. The van der Waals surface area contributed by atoms with Crippen molar-refractivity contribution in [2.24, 2.45) is 0 Å². The zero-order valence-electron chi connectivity index (χ0n) is 13.8. The minimum Gasteiger partial charge on any atom is -0.309 e. The Bertz CT molecular complexity index is 588. The van der Waals surface area contributed by atoms with Gasteiger partial charge in [-0.05, 0) is 44.2 Å². The quantitative estimate of drug-likeness (QED) is 0.813. The van der Waals surface area contributed by atoms with E-state index in [0.717, 1.165) is 25.1 Å². The van der Waals surface area contributed by atoms with Gasteiger partial charge in [0.05, 0.1) is 11.7 Å². The van der Waals surface area contributed by atoms with Gasteiger partial charge in [0.2, 0.25) is 5.91 Å². The molecule has 1 unspecified atom stereocenters. The molecule has 1 amide bonds. The predicted molar refractivity (Wildman–Crippen MR) is 91.9 cm³/mol. The molecular weight excluding hydrogens is 288 g/mol. The van der Waals surface area contributed by atoms with Gasteiger partial charge in [-0.2, -0.15) is 0 Å². The van der Waals surface area contributed by atoms with E-state index in [1.165, 1.54) is 0 Å². The van der Waals surface area contributed by atoms with Crippen molar-refractivity contribution in [2.75, 3.05) is 11.9 Å². The zero-order valence-corrected chi connectivity index (χ0v) is 13.8. The average molecular weight is 312 g/mol. The van der Waals surface area contributed by atoms with Crippen molar-refractivity contribution in [3.63, 3.8) is 0 Å². The third kappa shape index (κ3) is 5.45. The summed E-state index contributed by atoms with van der Waals surface area (Å²) in [6.45, 7) is 5.61. The highest BCUT2D eigenvalue weighted by molar-refractivity contribution is 5.93. The first-order valence-corrected chi connectivity index (χ1v) is 8.06. The van der Waals surface area contributed by atoms with Gasteiger partial charge in [0.1, 0.15) is 5.82 Å². The Morgan fingerprint density at radius 3 is 2.52 bits per heavy atom. The van der Waals surface area contributed by atoms with Crippen molar-refractivity contribution in [2.45, 2.75) is 39.3 Å². The fourth-order valence-corrected chi connectivity index (χ4v) is 2.30. The predicted octanol–water partition coefficient (Wildman–Crippen LogP) is 3.11. The normalized spacial score (nSPS) is 12.1. The molecule has 0 fully saturated rings. The van der Waals surface area contributed by atoms with Gasteiger partial charge in [-0.25, -0.2) is 4.98 Å². The number of nitrogens with one attached hydrogen (secondary N) is 1. The summed E-state index contributed by atoms with van der Waals surface area (Å²) in [6.07, 6.45) is 5.59. The molecule has 0 saturated heterocycles. The summed E-state index contributed by atoms with van der Waals surface area (Å²) in [7, 11) is 0. The van der Waals surface area contributed by atoms with Gasteiger partial charge >= 0.3 is 0 Å². The van der Waals surface area contributed by atoms with Gasteiger partial charge in [0.25, 0.3) is 0 Å². The number of amides is 1. The van der Waals surface area contributed by atoms with Crippen LogP contribution in [0.25, 0.3) is 0 Å². The van der Waals surface area contributed by atoms with Crippen LogP contribution in [0.5, 0.6) is 0 Å². The highest BCUT2D eigenvalue weighted by atomic mass is 16.2. The van der Waals surface area contributed by atoms with E-state index < -0.39 is 0 Å². The maximum Gasteiger partial charge on any atom is 0.242 e. The summed E-state index contributed by atoms with van der Waals surface area (Å²) in [5.41, 5.74) is 0.973. The van der Waals surface area contributed by atoms with Crippen molar-refractivity contribution in [1.82, 2.24) is 14.9 Å². The Kier molecular flexibility index (Phi) is 6.69. The van der Waals surface area contributed by atoms with Crippen LogP contribution in [-0.4, -0.2) is 33.4 Å². The molecule has 1 N–H and O–H groups in total. The lowest BCUT2D eigenvalue weighted by molar-refractivity contribution is -0.121. The van der Waals surface area contributed by atoms with Gasteiger partial charge in [-0.1, -0.05) is 25.5 Å². The Morgan fingerprint density at radius 1 is 1.17 bits per heavy atom. The van der Waals surface area contributed by atoms with Crippen molar-refractivity contribution >= 4 is 11.7 Å². The SMILES string of the molecule is CCCCN(Cc1ccccn1)C(C)C(=O)Nc1ccccn1. The second-order valence-electron chi connectivity index (χ2n) is 5.53. The molecule has 2 heterocycles. The van der Waals surface area contributed by atoms with Crippen LogP contribution in [0, 0.1) is 0 Å². The second kappa shape index (κ2) is 9.00. The van der Waals surface area contributed by atoms with Crippen molar-refractivity contribution in [1.29, 1.82) is 0 Å². The number of pyridine rings is 2. The molecule has 0 spiro atoms. The van der Waals surface area contributed by atoms with E-state index in [1.54, 1.807) is 18.5 Å². The molecular formula is C18H24N4O. The lowest BCUT2D eigenvalue weighted by Crippen LogP contribution is -2.42. The fraction of sp³-hybridized carbons (Fsp3) is 0.389. The number of anilines is 1. The third-order valence-electron chi connectivity index (χ3n) is 3.73. The van der Waals surface area contributed by atoms with Gasteiger partial charge in [0, 0.05) is 18.9 Å². The first-order valence-electron chi connectivity index (χ1n) is 8.06. The summed E-state index contributed by atoms with van der Waals surface area (Å²) in [6, 6.07) is 11.1. The van der Waals surface area contributed by atoms with E-state index in [1.807, 2.05) is 37.3 Å². The molecule has 0 aliphatic heterocycles. The van der Waals surface area contributed by atoms with Crippen LogP contribution in [0.15, 0.2) is 48.8 Å². The minimum atomic E-state index is -0.245. The van der Waals surface area contributed by atoms with Crippen molar-refractivity contribution < 1.29 is 4.79 Å². The molecule has 2 rings (SSSR count). The molecule has 122 valence electrons. The van der Waals surface area contributed by atoms with Gasteiger partial charge in [-0.15, -0.1) is 0 Å². The molecule has 5 nitrogen and oxygen atoms in total. The van der Waals surface area contributed by atoms with E-state index in [-0.39, 0.29) is 11.9 Å². The molecule has 0 aromatic carbocycles. The first-order chi connectivity index (χ1) is 11.2. The lowest BCUT2D eigenvalue weighted by atomic mass is 10.2. The van der Waals surface area contributed by atoms with Crippen LogP contribution in [0.3, 0.4) is 0 Å². The number of rotatable bonds is 8. The molecule has 0 aliphatic carbocycles. The highest BCUT2D eigenvalue weighted by Gasteiger charge is 2.21. The largest absolute Gasteiger partial charge is 0.309 e. The first kappa shape index (κ1) is 17.1. The van der Waals surface area contributed by atoms with E-state index in [9.17, 15) is 4.79 Å². The smallest absolute Gasteiger partial charge is 0.242 e. The molecule has 2 aromatic heterocycles. The average Bonchev–Trinajstić information content (AvgIpc) is 2.59. The molecule has 0 radical (unpaired) electrons. The van der Waals surface area contributed by atoms with Crippen molar-refractivity contribution in [3.8, 4) is 0 Å². The monoisotopic (exact) mass is 312 g/mol. The maximum absolute atomic E-state index is 12.5.